The molecular formula is C39H36N12O5S. The number of benzene rings is 1. The van der Waals surface area contributed by atoms with Crippen molar-refractivity contribution in [3.8, 4) is 28.0 Å². The smallest absolute Gasteiger partial charge is 0.262 e. The first-order chi connectivity index (χ1) is 27.6. The molecule has 18 heteroatoms. The van der Waals surface area contributed by atoms with Crippen molar-refractivity contribution in [3.05, 3.63) is 76.6 Å². The molecule has 3 fully saturated rings. The molecule has 2 saturated heterocycles. The molecule has 3 aliphatic heterocycles. The topological polar surface area (TPSA) is 216 Å². The lowest BCUT2D eigenvalue weighted by atomic mass is 9.78. The lowest BCUT2D eigenvalue weighted by Crippen LogP contribution is -2.60. The van der Waals surface area contributed by atoms with Gasteiger partial charge in [0.15, 0.2) is 5.01 Å². The minimum absolute atomic E-state index is 0.0284. The first-order valence-electron chi connectivity index (χ1n) is 18.6. The highest BCUT2D eigenvalue weighted by molar-refractivity contribution is 7.14. The number of piperazine rings is 1. The van der Waals surface area contributed by atoms with Crippen LogP contribution in [-0.4, -0.2) is 121 Å². The monoisotopic (exact) mass is 784 g/mol. The maximum Gasteiger partial charge on any atom is 0.262 e. The molecule has 1 aliphatic carbocycles. The third-order valence-electron chi connectivity index (χ3n) is 11.3. The fourth-order valence-corrected chi connectivity index (χ4v) is 9.25. The van der Waals surface area contributed by atoms with E-state index >= 15 is 0 Å². The quantitative estimate of drug-likeness (QED) is 0.206. The lowest BCUT2D eigenvalue weighted by Gasteiger charge is -2.44. The fraction of sp³-hybridized carbons (Fsp3) is 0.333. The van der Waals surface area contributed by atoms with Crippen LogP contribution in [0.4, 0.5) is 11.4 Å². The molecule has 9 rings (SSSR count). The summed E-state index contributed by atoms with van der Waals surface area (Å²) in [5, 5.41) is 27.2. The maximum atomic E-state index is 14.0. The number of nitriles is 1. The van der Waals surface area contributed by atoms with E-state index in [2.05, 4.69) is 31.6 Å². The molecule has 3 N–H and O–H groups in total. The average Bonchev–Trinajstić information content (AvgIpc) is 3.92. The van der Waals surface area contributed by atoms with Crippen molar-refractivity contribution in [2.45, 2.75) is 43.7 Å². The Morgan fingerprint density at radius 3 is 2.49 bits per heavy atom. The third-order valence-corrected chi connectivity index (χ3v) is 12.4. The molecule has 1 aromatic carbocycles. The van der Waals surface area contributed by atoms with Crippen LogP contribution in [0.15, 0.2) is 54.9 Å². The summed E-state index contributed by atoms with van der Waals surface area (Å²) in [6, 6.07) is 13.2. The van der Waals surface area contributed by atoms with Gasteiger partial charge in [0.25, 0.3) is 17.7 Å². The van der Waals surface area contributed by atoms with E-state index in [0.29, 0.717) is 55.3 Å². The average molecular weight is 785 g/mol. The van der Waals surface area contributed by atoms with Gasteiger partial charge in [-0.15, -0.1) is 10.2 Å². The summed E-state index contributed by atoms with van der Waals surface area (Å²) in [4.78, 5) is 77.0. The number of fused-ring (bicyclic) bond motifs is 2. The third kappa shape index (κ3) is 6.24. The molecule has 5 aromatic rings. The zero-order chi connectivity index (χ0) is 39.5. The highest BCUT2D eigenvalue weighted by atomic mass is 32.1. The predicted molar refractivity (Wildman–Crippen MR) is 207 cm³/mol. The maximum absolute atomic E-state index is 14.0. The van der Waals surface area contributed by atoms with Crippen molar-refractivity contribution in [2.75, 3.05) is 50.0 Å². The van der Waals surface area contributed by atoms with Crippen LogP contribution in [0.25, 0.3) is 27.5 Å². The number of nitrogens with two attached hydrogens (primary N) is 1. The van der Waals surface area contributed by atoms with Crippen LogP contribution < -0.4 is 16.0 Å². The van der Waals surface area contributed by atoms with Gasteiger partial charge in [-0.2, -0.15) is 10.4 Å². The number of imide groups is 2. The number of rotatable bonds is 9. The lowest BCUT2D eigenvalue weighted by molar-refractivity contribution is -0.157. The van der Waals surface area contributed by atoms with E-state index in [1.54, 1.807) is 35.0 Å². The Hall–Kier alpha value is -6.58. The second-order valence-electron chi connectivity index (χ2n) is 14.6. The summed E-state index contributed by atoms with van der Waals surface area (Å²) < 4.78 is 1.73. The van der Waals surface area contributed by atoms with Crippen LogP contribution in [0.3, 0.4) is 0 Å². The van der Waals surface area contributed by atoms with Crippen LogP contribution >= 0.6 is 11.3 Å². The van der Waals surface area contributed by atoms with Gasteiger partial charge in [0.05, 0.1) is 51.9 Å². The van der Waals surface area contributed by atoms with Gasteiger partial charge in [-0.1, -0.05) is 11.3 Å². The largest absolute Gasteiger partial charge is 0.387 e. The molecule has 1 unspecified atom stereocenters. The Balaban J connectivity index is 0.864. The zero-order valence-electron chi connectivity index (χ0n) is 30.8. The van der Waals surface area contributed by atoms with Crippen molar-refractivity contribution < 1.29 is 24.0 Å². The van der Waals surface area contributed by atoms with Crippen molar-refractivity contribution in [3.63, 3.8) is 0 Å². The Kier molecular flexibility index (Phi) is 8.97. The molecule has 4 aliphatic rings. The second-order valence-corrected chi connectivity index (χ2v) is 15.6. The number of carbonyl (C=O) groups is 5. The van der Waals surface area contributed by atoms with Gasteiger partial charge < -0.3 is 16.0 Å². The van der Waals surface area contributed by atoms with Gasteiger partial charge >= 0.3 is 0 Å². The van der Waals surface area contributed by atoms with Gasteiger partial charge in [-0.05, 0) is 61.7 Å². The van der Waals surface area contributed by atoms with Crippen LogP contribution in [0.2, 0.25) is 0 Å². The number of pyridine rings is 1. The SMILES string of the molecule is CNc1cc(-c2ccc3cc(C#N)cnn23)ncc1-c1nnc(C2CC(N3C(=O)CCC(N4C(=O)c5ccc(N6CCN(CC(N)=O)CC6)cc5C4=O)C3=O)C2)s1. The highest BCUT2D eigenvalue weighted by Gasteiger charge is 2.51. The molecular weight excluding hydrogens is 749 g/mol. The first-order valence-corrected chi connectivity index (χ1v) is 19.5. The summed E-state index contributed by atoms with van der Waals surface area (Å²) in [5.41, 5.74) is 10.8. The van der Waals surface area contributed by atoms with E-state index < -0.39 is 23.8 Å². The number of piperidine rings is 1. The number of hydrogen-bond acceptors (Lipinski definition) is 14. The van der Waals surface area contributed by atoms with Gasteiger partial charge in [-0.3, -0.25) is 43.7 Å². The molecule has 0 spiro atoms. The number of carbonyl (C=O) groups excluding carboxylic acids is 5. The molecule has 17 nitrogen and oxygen atoms in total. The van der Waals surface area contributed by atoms with Gasteiger partial charge in [0, 0.05) is 69.2 Å². The van der Waals surface area contributed by atoms with Crippen molar-refractivity contribution >= 4 is 57.8 Å². The van der Waals surface area contributed by atoms with E-state index in [1.807, 2.05) is 30.1 Å². The zero-order valence-corrected chi connectivity index (χ0v) is 31.6. The van der Waals surface area contributed by atoms with E-state index in [9.17, 15) is 29.2 Å². The molecule has 57 heavy (non-hydrogen) atoms. The van der Waals surface area contributed by atoms with E-state index in [-0.39, 0.29) is 54.3 Å². The molecule has 1 atom stereocenters. The molecule has 0 bridgehead atoms. The van der Waals surface area contributed by atoms with Crippen LogP contribution in [-0.2, 0) is 14.4 Å². The molecule has 5 amide bonds. The molecule has 1 saturated carbocycles. The summed E-state index contributed by atoms with van der Waals surface area (Å²) in [6.07, 6.45) is 4.35. The number of nitrogens with zero attached hydrogens (tertiary/aromatic N) is 10. The van der Waals surface area contributed by atoms with E-state index in [0.717, 1.165) is 38.1 Å². The number of amides is 5. The Bertz CT molecular complexity index is 2550. The summed E-state index contributed by atoms with van der Waals surface area (Å²) in [5.74, 6) is -2.34. The Labute approximate surface area is 329 Å². The number of likely N-dealkylation sites (tertiary alicyclic amines) is 1. The van der Waals surface area contributed by atoms with Gasteiger partial charge in [0.2, 0.25) is 11.8 Å². The Morgan fingerprint density at radius 1 is 0.947 bits per heavy atom. The van der Waals surface area contributed by atoms with Crippen LogP contribution in [0.5, 0.6) is 0 Å². The minimum Gasteiger partial charge on any atom is -0.387 e. The highest BCUT2D eigenvalue weighted by Crippen LogP contribution is 2.45. The molecule has 0 radical (unpaired) electrons. The number of anilines is 2. The van der Waals surface area contributed by atoms with Crippen LogP contribution in [0.1, 0.15) is 62.9 Å². The summed E-state index contributed by atoms with van der Waals surface area (Å²) in [6.45, 7) is 2.68. The number of aromatic nitrogens is 5. The van der Waals surface area contributed by atoms with E-state index in [1.165, 1.54) is 22.4 Å². The van der Waals surface area contributed by atoms with Crippen molar-refractivity contribution in [2.24, 2.45) is 5.73 Å². The standard InChI is InChI=1S/C39H36N12O5S/c1-42-29-16-30(31-5-3-24-12-21(17-40)18-44-51(24)31)43-19-28(29)36-46-45-35(57-36)22-13-25(14-22)49-34(53)7-6-32(39(49)56)50-37(54)26-4-2-23(15-27(26)38(50)55)48-10-8-47(9-11-48)20-33(41)52/h2-5,12,15-16,18-19,22,25,32H,6-11,13-14,20H2,1H3,(H2,41,52)(H,42,43). The predicted octanol–water partition coefficient (Wildman–Crippen LogP) is 2.50. The normalized spacial score (nSPS) is 21.2. The van der Waals surface area contributed by atoms with Gasteiger partial charge in [0.1, 0.15) is 17.1 Å². The van der Waals surface area contributed by atoms with Crippen LogP contribution in [0, 0.1) is 11.3 Å². The van der Waals surface area contributed by atoms with E-state index in [4.69, 9.17) is 10.7 Å². The molecule has 4 aromatic heterocycles. The summed E-state index contributed by atoms with van der Waals surface area (Å²) in [7, 11) is 1.81. The summed E-state index contributed by atoms with van der Waals surface area (Å²) >= 11 is 1.43. The van der Waals surface area contributed by atoms with Crippen molar-refractivity contribution in [1.29, 1.82) is 5.26 Å². The Morgan fingerprint density at radius 2 is 1.74 bits per heavy atom. The second kappa shape index (κ2) is 14.2. The first kappa shape index (κ1) is 36.1. The van der Waals surface area contributed by atoms with Crippen molar-refractivity contribution in [1.82, 2.24) is 39.5 Å². The molecule has 7 heterocycles. The molecule has 288 valence electrons. The van der Waals surface area contributed by atoms with Gasteiger partial charge in [-0.25, -0.2) is 4.52 Å². The number of hydrogen-bond donors (Lipinski definition) is 2. The minimum atomic E-state index is -1.07. The number of primary amides is 1. The number of nitrogens with one attached hydrogen (secondary N) is 1. The fourth-order valence-electron chi connectivity index (χ4n) is 8.26.